The molecule has 3 rings (SSSR count). The Morgan fingerprint density at radius 2 is 2.19 bits per heavy atom. The lowest BCUT2D eigenvalue weighted by atomic mass is 9.94. The van der Waals surface area contributed by atoms with Crippen LogP contribution in [0.15, 0.2) is 36.7 Å². The number of carbonyl (C=O) groups is 2. The molecule has 1 aliphatic rings. The summed E-state index contributed by atoms with van der Waals surface area (Å²) in [4.78, 5) is 31.8. The molecule has 26 heavy (non-hydrogen) atoms. The highest BCUT2D eigenvalue weighted by Gasteiger charge is 2.29. The second-order valence-corrected chi connectivity index (χ2v) is 6.42. The third-order valence-corrected chi connectivity index (χ3v) is 4.34. The SMILES string of the molecule is NC(=O)c1cncc(-c2cccc(C(=O)NC[C@]3(O)CCCNC3)c2)n1. The molecular weight excluding hydrogens is 334 g/mol. The largest absolute Gasteiger partial charge is 0.387 e. The standard InChI is InChI=1S/C18H21N5O3/c19-16(24)15-9-21-8-14(23-15)12-3-1-4-13(7-12)17(25)22-11-18(26)5-2-6-20-10-18/h1,3-4,7-9,20,26H,2,5-6,10-11H2,(H2,19,24)(H,22,25)/t18-/m0/s1. The molecule has 0 aliphatic carbocycles. The van der Waals surface area contributed by atoms with Gasteiger partial charge in [-0.2, -0.15) is 0 Å². The molecule has 0 saturated carbocycles. The van der Waals surface area contributed by atoms with Crippen LogP contribution in [-0.2, 0) is 0 Å². The molecule has 1 fully saturated rings. The van der Waals surface area contributed by atoms with Crippen molar-refractivity contribution in [1.82, 2.24) is 20.6 Å². The van der Waals surface area contributed by atoms with Gasteiger partial charge in [0, 0.05) is 24.2 Å². The average Bonchev–Trinajstić information content (AvgIpc) is 2.67. The van der Waals surface area contributed by atoms with E-state index in [2.05, 4.69) is 20.6 Å². The van der Waals surface area contributed by atoms with Crippen molar-refractivity contribution in [3.8, 4) is 11.3 Å². The molecule has 1 aromatic heterocycles. The van der Waals surface area contributed by atoms with Gasteiger partial charge in [0.1, 0.15) is 5.69 Å². The minimum Gasteiger partial charge on any atom is -0.387 e. The highest BCUT2D eigenvalue weighted by molar-refractivity contribution is 5.95. The fourth-order valence-electron chi connectivity index (χ4n) is 2.89. The van der Waals surface area contributed by atoms with E-state index >= 15 is 0 Å². The van der Waals surface area contributed by atoms with Gasteiger partial charge in [-0.1, -0.05) is 12.1 Å². The summed E-state index contributed by atoms with van der Waals surface area (Å²) in [6.07, 6.45) is 4.31. The number of carbonyl (C=O) groups excluding carboxylic acids is 2. The fourth-order valence-corrected chi connectivity index (χ4v) is 2.89. The van der Waals surface area contributed by atoms with E-state index in [4.69, 9.17) is 5.73 Å². The molecule has 0 radical (unpaired) electrons. The minimum atomic E-state index is -0.924. The maximum Gasteiger partial charge on any atom is 0.268 e. The number of nitrogens with two attached hydrogens (primary N) is 1. The number of β-amino-alcohol motifs (C(OH)–C–C–N with tert-alkyl or cyclic N) is 1. The first kappa shape index (κ1) is 18.0. The van der Waals surface area contributed by atoms with Crippen molar-refractivity contribution in [2.24, 2.45) is 5.73 Å². The van der Waals surface area contributed by atoms with Crippen molar-refractivity contribution in [2.45, 2.75) is 18.4 Å². The zero-order valence-corrected chi connectivity index (χ0v) is 14.2. The Balaban J connectivity index is 1.73. The maximum absolute atomic E-state index is 12.4. The van der Waals surface area contributed by atoms with E-state index in [0.717, 1.165) is 13.0 Å². The van der Waals surface area contributed by atoms with Crippen molar-refractivity contribution < 1.29 is 14.7 Å². The van der Waals surface area contributed by atoms with Crippen LogP contribution in [0.4, 0.5) is 0 Å². The van der Waals surface area contributed by atoms with E-state index in [1.54, 1.807) is 24.3 Å². The average molecular weight is 355 g/mol. The summed E-state index contributed by atoms with van der Waals surface area (Å²) in [5.74, 6) is -0.951. The predicted octanol–water partition coefficient (Wildman–Crippen LogP) is 0.0868. The summed E-state index contributed by atoms with van der Waals surface area (Å²) in [6, 6.07) is 6.82. The summed E-state index contributed by atoms with van der Waals surface area (Å²) < 4.78 is 0. The number of piperidine rings is 1. The zero-order chi connectivity index (χ0) is 18.6. The number of rotatable bonds is 5. The lowest BCUT2D eigenvalue weighted by molar-refractivity contribution is 0.0170. The van der Waals surface area contributed by atoms with Crippen LogP contribution in [0.25, 0.3) is 11.3 Å². The van der Waals surface area contributed by atoms with Gasteiger partial charge in [-0.05, 0) is 31.5 Å². The first-order chi connectivity index (χ1) is 12.5. The monoisotopic (exact) mass is 355 g/mol. The Bertz CT molecular complexity index is 818. The Morgan fingerprint density at radius 3 is 2.92 bits per heavy atom. The zero-order valence-electron chi connectivity index (χ0n) is 14.2. The molecule has 1 aliphatic heterocycles. The van der Waals surface area contributed by atoms with Crippen molar-refractivity contribution in [2.75, 3.05) is 19.6 Å². The van der Waals surface area contributed by atoms with Gasteiger partial charge in [-0.25, -0.2) is 4.98 Å². The number of hydrogen-bond donors (Lipinski definition) is 4. The van der Waals surface area contributed by atoms with E-state index in [-0.39, 0.29) is 18.1 Å². The van der Waals surface area contributed by atoms with Crippen LogP contribution in [0.1, 0.15) is 33.7 Å². The van der Waals surface area contributed by atoms with Crippen LogP contribution in [0.2, 0.25) is 0 Å². The van der Waals surface area contributed by atoms with Gasteiger partial charge >= 0.3 is 0 Å². The second-order valence-electron chi connectivity index (χ2n) is 6.42. The first-order valence-electron chi connectivity index (χ1n) is 8.40. The minimum absolute atomic E-state index is 0.0596. The molecule has 0 bridgehead atoms. The molecule has 1 aromatic carbocycles. The van der Waals surface area contributed by atoms with Gasteiger partial charge in [-0.15, -0.1) is 0 Å². The van der Waals surface area contributed by atoms with Crippen LogP contribution >= 0.6 is 0 Å². The molecule has 8 nitrogen and oxygen atoms in total. The predicted molar refractivity (Wildman–Crippen MR) is 95.4 cm³/mol. The number of amides is 2. The number of benzene rings is 1. The topological polar surface area (TPSA) is 130 Å². The number of aromatic nitrogens is 2. The molecule has 2 aromatic rings. The fraction of sp³-hybridized carbons (Fsp3) is 0.333. The molecule has 136 valence electrons. The summed E-state index contributed by atoms with van der Waals surface area (Å²) in [5.41, 5.74) is 5.89. The molecule has 1 saturated heterocycles. The summed E-state index contributed by atoms with van der Waals surface area (Å²) >= 11 is 0. The number of primary amides is 1. The van der Waals surface area contributed by atoms with Gasteiger partial charge in [0.05, 0.1) is 23.7 Å². The van der Waals surface area contributed by atoms with E-state index in [9.17, 15) is 14.7 Å². The highest BCUT2D eigenvalue weighted by atomic mass is 16.3. The summed E-state index contributed by atoms with van der Waals surface area (Å²) in [7, 11) is 0. The van der Waals surface area contributed by atoms with E-state index in [1.165, 1.54) is 12.4 Å². The third kappa shape index (κ3) is 4.22. The van der Waals surface area contributed by atoms with Crippen LogP contribution in [0.5, 0.6) is 0 Å². The second kappa shape index (κ2) is 7.59. The molecule has 1 atom stereocenters. The first-order valence-corrected chi connectivity index (χ1v) is 8.40. The van der Waals surface area contributed by atoms with E-state index in [1.807, 2.05) is 0 Å². The maximum atomic E-state index is 12.4. The van der Waals surface area contributed by atoms with Crippen LogP contribution in [0.3, 0.4) is 0 Å². The Hall–Kier alpha value is -2.84. The van der Waals surface area contributed by atoms with E-state index < -0.39 is 11.5 Å². The normalized spacial score (nSPS) is 19.7. The number of nitrogens with one attached hydrogen (secondary N) is 2. The van der Waals surface area contributed by atoms with Gasteiger partial charge in [0.15, 0.2) is 0 Å². The van der Waals surface area contributed by atoms with E-state index in [0.29, 0.717) is 29.8 Å². The van der Waals surface area contributed by atoms with Crippen molar-refractivity contribution in [3.63, 3.8) is 0 Å². The van der Waals surface area contributed by atoms with Gasteiger partial charge < -0.3 is 21.5 Å². The lowest BCUT2D eigenvalue weighted by Gasteiger charge is -2.32. The van der Waals surface area contributed by atoms with Gasteiger partial charge in [0.25, 0.3) is 11.8 Å². The molecule has 0 spiro atoms. The quantitative estimate of drug-likeness (QED) is 0.601. The molecule has 5 N–H and O–H groups in total. The summed E-state index contributed by atoms with van der Waals surface area (Å²) in [6.45, 7) is 1.52. The van der Waals surface area contributed by atoms with Crippen LogP contribution in [0, 0.1) is 0 Å². The van der Waals surface area contributed by atoms with Crippen LogP contribution in [-0.4, -0.2) is 52.1 Å². The number of nitrogens with zero attached hydrogens (tertiary/aromatic N) is 2. The van der Waals surface area contributed by atoms with Crippen molar-refractivity contribution >= 4 is 11.8 Å². The van der Waals surface area contributed by atoms with Crippen LogP contribution < -0.4 is 16.4 Å². The Morgan fingerprint density at radius 1 is 1.35 bits per heavy atom. The lowest BCUT2D eigenvalue weighted by Crippen LogP contribution is -2.52. The Kier molecular flexibility index (Phi) is 5.24. The van der Waals surface area contributed by atoms with Gasteiger partial charge in [-0.3, -0.25) is 14.6 Å². The molecule has 2 amide bonds. The molecular formula is C18H21N5O3. The Labute approximate surface area is 150 Å². The molecule has 0 unspecified atom stereocenters. The summed E-state index contributed by atoms with van der Waals surface area (Å²) in [5, 5.41) is 16.4. The van der Waals surface area contributed by atoms with Crippen molar-refractivity contribution in [3.05, 3.63) is 47.9 Å². The van der Waals surface area contributed by atoms with Gasteiger partial charge in [0.2, 0.25) is 0 Å². The highest BCUT2D eigenvalue weighted by Crippen LogP contribution is 2.19. The number of hydrogen-bond acceptors (Lipinski definition) is 6. The third-order valence-electron chi connectivity index (χ3n) is 4.34. The molecule has 8 heteroatoms. The smallest absolute Gasteiger partial charge is 0.268 e. The number of aliphatic hydroxyl groups is 1. The van der Waals surface area contributed by atoms with Crippen molar-refractivity contribution in [1.29, 1.82) is 0 Å². The molecule has 2 heterocycles.